The van der Waals surface area contributed by atoms with Crippen molar-refractivity contribution >= 4 is 11.0 Å². The average Bonchev–Trinajstić information content (AvgIpc) is 3.12. The number of imidazole rings is 1. The summed E-state index contributed by atoms with van der Waals surface area (Å²) in [6.07, 6.45) is 3.89. The van der Waals surface area contributed by atoms with Crippen molar-refractivity contribution in [2.24, 2.45) is 0 Å². The van der Waals surface area contributed by atoms with E-state index in [0.717, 1.165) is 28.1 Å². The molecule has 3 nitrogen and oxygen atoms in total. The first-order chi connectivity index (χ1) is 12.0. The van der Waals surface area contributed by atoms with Gasteiger partial charge in [0.1, 0.15) is 17.2 Å². The zero-order valence-corrected chi connectivity index (χ0v) is 15.3. The number of nitrogens with zero attached hydrogens (tertiary/aromatic N) is 2. The van der Waals surface area contributed by atoms with E-state index < -0.39 is 0 Å². The fraction of sp³-hybridized carbons (Fsp3) is 0.227. The largest absolute Gasteiger partial charge is 0.460 e. The summed E-state index contributed by atoms with van der Waals surface area (Å²) < 4.78 is 8.24. The summed E-state index contributed by atoms with van der Waals surface area (Å²) in [6, 6.07) is 10.7. The number of benzene rings is 2. The molecule has 3 heteroatoms. The van der Waals surface area contributed by atoms with Gasteiger partial charge in [-0.05, 0) is 57.4 Å². The molecule has 0 saturated carbocycles. The van der Waals surface area contributed by atoms with Gasteiger partial charge in [0.25, 0.3) is 0 Å². The SMILES string of the molecule is Cc1cc(C)c(-n2ccnc2-c2cccc3c(C)c(C)oc23)c(C)c1. The maximum absolute atomic E-state index is 6.07. The Hall–Kier alpha value is -2.81. The highest BCUT2D eigenvalue weighted by atomic mass is 16.3. The first kappa shape index (κ1) is 15.7. The molecule has 126 valence electrons. The predicted octanol–water partition coefficient (Wildman–Crippen LogP) is 5.83. The third-order valence-electron chi connectivity index (χ3n) is 4.96. The van der Waals surface area contributed by atoms with Gasteiger partial charge in [0, 0.05) is 17.8 Å². The van der Waals surface area contributed by atoms with Gasteiger partial charge in [0.15, 0.2) is 0 Å². The first-order valence-corrected chi connectivity index (χ1v) is 8.58. The molecule has 0 saturated heterocycles. The highest BCUT2D eigenvalue weighted by Gasteiger charge is 2.17. The second-order valence-corrected chi connectivity index (χ2v) is 6.83. The standard InChI is InChI=1S/C22H22N2O/c1-13-11-14(2)20(15(3)12-13)24-10-9-23-22(24)19-8-6-7-18-16(4)17(5)25-21(18)19/h6-12H,1-5H3. The number of para-hydroxylation sites is 1. The molecule has 2 heterocycles. The lowest BCUT2D eigenvalue weighted by molar-refractivity contribution is 0.575. The number of rotatable bonds is 2. The van der Waals surface area contributed by atoms with Gasteiger partial charge in [-0.1, -0.05) is 29.8 Å². The van der Waals surface area contributed by atoms with Crippen LogP contribution in [0.3, 0.4) is 0 Å². The van der Waals surface area contributed by atoms with Crippen molar-refractivity contribution in [1.82, 2.24) is 9.55 Å². The van der Waals surface area contributed by atoms with Crippen LogP contribution in [0.2, 0.25) is 0 Å². The molecule has 0 aliphatic heterocycles. The Labute approximate surface area is 147 Å². The third-order valence-corrected chi connectivity index (χ3v) is 4.96. The molecule has 0 atom stereocenters. The molecule has 0 spiro atoms. The van der Waals surface area contributed by atoms with Crippen molar-refractivity contribution in [2.45, 2.75) is 34.6 Å². The van der Waals surface area contributed by atoms with Crippen LogP contribution in [0.25, 0.3) is 28.0 Å². The lowest BCUT2D eigenvalue weighted by atomic mass is 10.0. The summed E-state index contributed by atoms with van der Waals surface area (Å²) in [5.74, 6) is 1.87. The van der Waals surface area contributed by atoms with Crippen molar-refractivity contribution in [3.8, 4) is 17.1 Å². The molecule has 25 heavy (non-hydrogen) atoms. The Kier molecular flexibility index (Phi) is 3.53. The van der Waals surface area contributed by atoms with Gasteiger partial charge in [-0.25, -0.2) is 4.98 Å². The predicted molar refractivity (Wildman–Crippen MR) is 102 cm³/mol. The summed E-state index contributed by atoms with van der Waals surface area (Å²) in [5, 5.41) is 1.15. The fourth-order valence-corrected chi connectivity index (χ4v) is 3.77. The van der Waals surface area contributed by atoms with Crippen molar-refractivity contribution in [2.75, 3.05) is 0 Å². The summed E-state index contributed by atoms with van der Waals surface area (Å²) >= 11 is 0. The van der Waals surface area contributed by atoms with E-state index in [1.54, 1.807) is 0 Å². The molecule has 2 aromatic heterocycles. The average molecular weight is 330 g/mol. The van der Waals surface area contributed by atoms with E-state index in [-0.39, 0.29) is 0 Å². The van der Waals surface area contributed by atoms with E-state index in [4.69, 9.17) is 4.42 Å². The van der Waals surface area contributed by atoms with Crippen molar-refractivity contribution < 1.29 is 4.42 Å². The summed E-state index contributed by atoms with van der Waals surface area (Å²) in [7, 11) is 0. The number of fused-ring (bicyclic) bond motifs is 1. The normalized spacial score (nSPS) is 11.4. The number of furan rings is 1. The van der Waals surface area contributed by atoms with Crippen LogP contribution in [0.1, 0.15) is 28.0 Å². The van der Waals surface area contributed by atoms with Gasteiger partial charge in [0.05, 0.1) is 11.3 Å². The van der Waals surface area contributed by atoms with Gasteiger partial charge in [-0.3, -0.25) is 4.57 Å². The molecule has 0 N–H and O–H groups in total. The van der Waals surface area contributed by atoms with Crippen LogP contribution in [0.5, 0.6) is 0 Å². The lowest BCUT2D eigenvalue weighted by Crippen LogP contribution is -2.02. The Morgan fingerprint density at radius 1 is 0.960 bits per heavy atom. The molecule has 4 aromatic rings. The molecule has 0 fully saturated rings. The van der Waals surface area contributed by atoms with E-state index in [1.807, 2.05) is 19.3 Å². The second-order valence-electron chi connectivity index (χ2n) is 6.83. The molecule has 4 rings (SSSR count). The molecule has 0 bridgehead atoms. The minimum absolute atomic E-state index is 0.910. The van der Waals surface area contributed by atoms with E-state index in [9.17, 15) is 0 Å². The molecule has 0 aliphatic rings. The van der Waals surface area contributed by atoms with Gasteiger partial charge < -0.3 is 4.42 Å². The van der Waals surface area contributed by atoms with Crippen LogP contribution in [-0.2, 0) is 0 Å². The zero-order valence-electron chi connectivity index (χ0n) is 15.3. The molecule has 0 aliphatic carbocycles. The highest BCUT2D eigenvalue weighted by Crippen LogP contribution is 2.34. The summed E-state index contributed by atoms with van der Waals surface area (Å²) in [6.45, 7) is 10.6. The maximum Gasteiger partial charge on any atom is 0.148 e. The van der Waals surface area contributed by atoms with Crippen LogP contribution in [0.4, 0.5) is 0 Å². The molecule has 0 unspecified atom stereocenters. The molecule has 2 aromatic carbocycles. The monoisotopic (exact) mass is 330 g/mol. The van der Waals surface area contributed by atoms with E-state index in [1.165, 1.54) is 27.9 Å². The lowest BCUT2D eigenvalue weighted by Gasteiger charge is -2.15. The van der Waals surface area contributed by atoms with Crippen molar-refractivity contribution in [3.05, 3.63) is 70.7 Å². The van der Waals surface area contributed by atoms with Gasteiger partial charge in [-0.2, -0.15) is 0 Å². The highest BCUT2D eigenvalue weighted by molar-refractivity contribution is 5.93. The zero-order chi connectivity index (χ0) is 17.7. The number of hydrogen-bond acceptors (Lipinski definition) is 2. The van der Waals surface area contributed by atoms with Crippen molar-refractivity contribution in [1.29, 1.82) is 0 Å². The Bertz CT molecular complexity index is 1080. The summed E-state index contributed by atoms with van der Waals surface area (Å²) in [4.78, 5) is 4.66. The quantitative estimate of drug-likeness (QED) is 0.463. The van der Waals surface area contributed by atoms with Gasteiger partial charge >= 0.3 is 0 Å². The number of hydrogen-bond donors (Lipinski definition) is 0. The van der Waals surface area contributed by atoms with Crippen LogP contribution in [0.15, 0.2) is 47.1 Å². The minimum Gasteiger partial charge on any atom is -0.460 e. The van der Waals surface area contributed by atoms with E-state index in [2.05, 4.69) is 67.6 Å². The molecular weight excluding hydrogens is 308 g/mol. The van der Waals surface area contributed by atoms with E-state index >= 15 is 0 Å². The van der Waals surface area contributed by atoms with E-state index in [0.29, 0.717) is 0 Å². The maximum atomic E-state index is 6.07. The number of aryl methyl sites for hydroxylation is 5. The number of aromatic nitrogens is 2. The molecule has 0 radical (unpaired) electrons. The van der Waals surface area contributed by atoms with Gasteiger partial charge in [-0.15, -0.1) is 0 Å². The van der Waals surface area contributed by atoms with Gasteiger partial charge in [0.2, 0.25) is 0 Å². The smallest absolute Gasteiger partial charge is 0.148 e. The molecular formula is C22H22N2O. The Balaban J connectivity index is 2.00. The topological polar surface area (TPSA) is 31.0 Å². The summed E-state index contributed by atoms with van der Waals surface area (Å²) in [5.41, 5.74) is 8.09. The Morgan fingerprint density at radius 3 is 2.40 bits per heavy atom. The molecule has 0 amide bonds. The minimum atomic E-state index is 0.910. The second kappa shape index (κ2) is 5.62. The third kappa shape index (κ3) is 2.39. The van der Waals surface area contributed by atoms with Crippen LogP contribution >= 0.6 is 0 Å². The Morgan fingerprint density at radius 2 is 1.68 bits per heavy atom. The van der Waals surface area contributed by atoms with Crippen LogP contribution < -0.4 is 0 Å². The van der Waals surface area contributed by atoms with Crippen molar-refractivity contribution in [3.63, 3.8) is 0 Å². The first-order valence-electron chi connectivity index (χ1n) is 8.58. The van der Waals surface area contributed by atoms with Crippen LogP contribution in [-0.4, -0.2) is 9.55 Å². The fourth-order valence-electron chi connectivity index (χ4n) is 3.77. The van der Waals surface area contributed by atoms with Crippen LogP contribution in [0, 0.1) is 34.6 Å².